The minimum Gasteiger partial charge on any atom is -0.497 e. The summed E-state index contributed by atoms with van der Waals surface area (Å²) in [5, 5.41) is 0. The molecule has 2 heteroatoms. The number of rotatable bonds is 1. The molecule has 0 bridgehead atoms. The Labute approximate surface area is 126 Å². The van der Waals surface area contributed by atoms with Crippen LogP contribution >= 0.6 is 0 Å². The summed E-state index contributed by atoms with van der Waals surface area (Å²) >= 11 is 0. The van der Waals surface area contributed by atoms with Gasteiger partial charge in [0.1, 0.15) is 5.75 Å². The van der Waals surface area contributed by atoms with Crippen LogP contribution in [0.15, 0.2) is 30.4 Å². The van der Waals surface area contributed by atoms with Crippen molar-refractivity contribution < 1.29 is 9.53 Å². The number of aryl methyl sites for hydroxylation is 1. The fourth-order valence-electron chi connectivity index (χ4n) is 5.10. The van der Waals surface area contributed by atoms with Crippen LogP contribution in [-0.2, 0) is 11.2 Å². The van der Waals surface area contributed by atoms with E-state index < -0.39 is 0 Å². The lowest BCUT2D eigenvalue weighted by atomic mass is 9.54. The fraction of sp³-hybridized carbons (Fsp3) is 0.526. The first kappa shape index (κ1) is 13.1. The van der Waals surface area contributed by atoms with Crippen molar-refractivity contribution in [3.63, 3.8) is 0 Å². The van der Waals surface area contributed by atoms with Gasteiger partial charge >= 0.3 is 0 Å². The van der Waals surface area contributed by atoms with Crippen molar-refractivity contribution in [2.24, 2.45) is 17.3 Å². The summed E-state index contributed by atoms with van der Waals surface area (Å²) in [6.07, 6.45) is 8.54. The van der Waals surface area contributed by atoms with Crippen LogP contribution in [0.3, 0.4) is 0 Å². The van der Waals surface area contributed by atoms with Crippen molar-refractivity contribution in [3.8, 4) is 5.75 Å². The zero-order valence-electron chi connectivity index (χ0n) is 12.8. The van der Waals surface area contributed by atoms with E-state index in [1.165, 1.54) is 17.5 Å². The van der Waals surface area contributed by atoms with Gasteiger partial charge in [0.25, 0.3) is 0 Å². The molecular weight excluding hydrogens is 260 g/mol. The highest BCUT2D eigenvalue weighted by Crippen LogP contribution is 2.58. The Bertz CT molecular complexity index is 630. The predicted octanol–water partition coefficient (Wildman–Crippen LogP) is 3.90. The van der Waals surface area contributed by atoms with Gasteiger partial charge < -0.3 is 4.74 Å². The molecule has 0 unspecified atom stereocenters. The Hall–Kier alpha value is -1.57. The van der Waals surface area contributed by atoms with Gasteiger partial charge in [-0.15, -0.1) is 0 Å². The number of ether oxygens (including phenoxy) is 1. The highest BCUT2D eigenvalue weighted by molar-refractivity contribution is 5.95. The molecular formula is C19H22O2. The largest absolute Gasteiger partial charge is 0.497 e. The maximum Gasteiger partial charge on any atom is 0.159 e. The lowest BCUT2D eigenvalue weighted by Gasteiger charge is -2.49. The van der Waals surface area contributed by atoms with Gasteiger partial charge in [0, 0.05) is 5.92 Å². The number of benzene rings is 1. The molecule has 0 amide bonds. The van der Waals surface area contributed by atoms with Gasteiger partial charge in [0.15, 0.2) is 5.78 Å². The molecule has 1 aromatic rings. The molecule has 3 aliphatic rings. The highest BCUT2D eigenvalue weighted by Gasteiger charge is 2.52. The molecule has 4 rings (SSSR count). The molecule has 4 atom stereocenters. The molecule has 0 aromatic heterocycles. The number of hydrogen-bond donors (Lipinski definition) is 0. The first-order chi connectivity index (χ1) is 10.1. The van der Waals surface area contributed by atoms with Gasteiger partial charge in [0.05, 0.1) is 7.11 Å². The molecule has 110 valence electrons. The summed E-state index contributed by atoms with van der Waals surface area (Å²) in [6, 6.07) is 6.55. The van der Waals surface area contributed by atoms with Crippen LogP contribution in [0.5, 0.6) is 5.75 Å². The van der Waals surface area contributed by atoms with Crippen LogP contribution in [0.2, 0.25) is 0 Å². The number of carbonyl (C=O) groups is 1. The van der Waals surface area contributed by atoms with E-state index in [4.69, 9.17) is 4.74 Å². The van der Waals surface area contributed by atoms with E-state index in [2.05, 4.69) is 31.2 Å². The Morgan fingerprint density at radius 2 is 2.10 bits per heavy atom. The van der Waals surface area contributed by atoms with Crippen LogP contribution in [-0.4, -0.2) is 12.9 Å². The summed E-state index contributed by atoms with van der Waals surface area (Å²) in [7, 11) is 1.73. The zero-order chi connectivity index (χ0) is 14.6. The summed E-state index contributed by atoms with van der Waals surface area (Å²) in [5.74, 6) is 2.77. The van der Waals surface area contributed by atoms with Crippen LogP contribution in [0.1, 0.15) is 43.2 Å². The molecule has 21 heavy (non-hydrogen) atoms. The Morgan fingerprint density at radius 1 is 1.24 bits per heavy atom. The lowest BCUT2D eigenvalue weighted by molar-refractivity contribution is -0.122. The standard InChI is InChI=1S/C19H22O2/c1-19-10-9-18(20)17(19)8-6-15-14-5-4-13(21-2)11-12(14)3-7-16(15)19/h4-5,9-11,15-17H,3,6-8H2,1-2H3/t15-,16-,17-,19-/m1/s1. The summed E-state index contributed by atoms with van der Waals surface area (Å²) in [4.78, 5) is 12.1. The summed E-state index contributed by atoms with van der Waals surface area (Å²) in [5.41, 5.74) is 3.03. The Morgan fingerprint density at radius 3 is 2.90 bits per heavy atom. The van der Waals surface area contributed by atoms with Crippen molar-refractivity contribution in [1.82, 2.24) is 0 Å². The van der Waals surface area contributed by atoms with E-state index in [1.807, 2.05) is 6.08 Å². The third-order valence-electron chi connectivity index (χ3n) is 6.23. The topological polar surface area (TPSA) is 26.3 Å². The van der Waals surface area contributed by atoms with Gasteiger partial charge in [-0.3, -0.25) is 4.79 Å². The van der Waals surface area contributed by atoms with Crippen LogP contribution in [0.4, 0.5) is 0 Å². The first-order valence-corrected chi connectivity index (χ1v) is 8.03. The molecule has 0 saturated heterocycles. The molecule has 2 nitrogen and oxygen atoms in total. The average molecular weight is 282 g/mol. The zero-order valence-corrected chi connectivity index (χ0v) is 12.8. The minimum absolute atomic E-state index is 0.0810. The molecule has 0 radical (unpaired) electrons. The van der Waals surface area contributed by atoms with Crippen molar-refractivity contribution in [2.75, 3.05) is 7.11 Å². The normalized spacial score (nSPS) is 36.9. The molecule has 0 N–H and O–H groups in total. The number of carbonyl (C=O) groups excluding carboxylic acids is 1. The molecule has 0 spiro atoms. The third kappa shape index (κ3) is 1.74. The van der Waals surface area contributed by atoms with Gasteiger partial charge in [-0.05, 0) is 72.3 Å². The second-order valence-electron chi connectivity index (χ2n) is 7.05. The number of hydrogen-bond acceptors (Lipinski definition) is 2. The number of ketones is 1. The summed E-state index contributed by atoms with van der Waals surface area (Å²) < 4.78 is 5.36. The number of allylic oxidation sites excluding steroid dienone is 2. The first-order valence-electron chi connectivity index (χ1n) is 8.03. The maximum absolute atomic E-state index is 12.1. The average Bonchev–Trinajstić information content (AvgIpc) is 2.82. The van der Waals surface area contributed by atoms with E-state index in [0.29, 0.717) is 17.6 Å². The lowest BCUT2D eigenvalue weighted by Crippen LogP contribution is -2.43. The van der Waals surface area contributed by atoms with Gasteiger partial charge in [0.2, 0.25) is 0 Å². The maximum atomic E-state index is 12.1. The number of fused-ring (bicyclic) bond motifs is 5. The van der Waals surface area contributed by atoms with Gasteiger partial charge in [-0.1, -0.05) is 19.1 Å². The Balaban J connectivity index is 1.74. The molecule has 1 saturated carbocycles. The van der Waals surface area contributed by atoms with Gasteiger partial charge in [-0.2, -0.15) is 0 Å². The van der Waals surface area contributed by atoms with E-state index >= 15 is 0 Å². The SMILES string of the molecule is COc1ccc2c(c1)CC[C@@H]1[C@@H]2CC[C@@H]2C(=O)C=C[C@@]21C. The van der Waals surface area contributed by atoms with Crippen LogP contribution in [0, 0.1) is 17.3 Å². The molecule has 0 heterocycles. The molecule has 1 fully saturated rings. The smallest absolute Gasteiger partial charge is 0.159 e. The van der Waals surface area contributed by atoms with E-state index in [-0.39, 0.29) is 11.3 Å². The predicted molar refractivity (Wildman–Crippen MR) is 82.5 cm³/mol. The van der Waals surface area contributed by atoms with Crippen molar-refractivity contribution in [1.29, 1.82) is 0 Å². The van der Waals surface area contributed by atoms with Crippen molar-refractivity contribution in [2.45, 2.75) is 38.5 Å². The third-order valence-corrected chi connectivity index (χ3v) is 6.23. The number of methoxy groups -OCH3 is 1. The molecule has 1 aromatic carbocycles. The van der Waals surface area contributed by atoms with E-state index in [1.54, 1.807) is 7.11 Å². The highest BCUT2D eigenvalue weighted by atomic mass is 16.5. The molecule has 0 aliphatic heterocycles. The quantitative estimate of drug-likeness (QED) is 0.781. The van der Waals surface area contributed by atoms with E-state index in [0.717, 1.165) is 25.0 Å². The second-order valence-corrected chi connectivity index (χ2v) is 7.05. The monoisotopic (exact) mass is 282 g/mol. The molecule has 3 aliphatic carbocycles. The van der Waals surface area contributed by atoms with Crippen molar-refractivity contribution >= 4 is 5.78 Å². The summed E-state index contributed by atoms with van der Waals surface area (Å²) in [6.45, 7) is 2.31. The fourth-order valence-corrected chi connectivity index (χ4v) is 5.10. The van der Waals surface area contributed by atoms with Crippen LogP contribution in [0.25, 0.3) is 0 Å². The van der Waals surface area contributed by atoms with E-state index in [9.17, 15) is 4.79 Å². The van der Waals surface area contributed by atoms with Crippen LogP contribution < -0.4 is 4.74 Å². The Kier molecular flexibility index (Phi) is 2.79. The van der Waals surface area contributed by atoms with Crippen molar-refractivity contribution in [3.05, 3.63) is 41.5 Å². The van der Waals surface area contributed by atoms with Gasteiger partial charge in [-0.25, -0.2) is 0 Å². The minimum atomic E-state index is 0.0810. The second kappa shape index (κ2) is 4.46.